The molecule has 0 N–H and O–H groups in total. The second kappa shape index (κ2) is 6.71. The van der Waals surface area contributed by atoms with Crippen LogP contribution in [0.1, 0.15) is 18.1 Å². The van der Waals surface area contributed by atoms with E-state index in [2.05, 4.69) is 19.1 Å². The third kappa shape index (κ3) is 3.35. The Morgan fingerprint density at radius 1 is 0.947 bits per heavy atom. The summed E-state index contributed by atoms with van der Waals surface area (Å²) in [7, 11) is 0. The van der Waals surface area contributed by atoms with E-state index in [9.17, 15) is 0 Å². The number of hydrogen-bond acceptors (Lipinski definition) is 2. The molecule has 0 atom stereocenters. The van der Waals surface area contributed by atoms with Gasteiger partial charge in [-0.1, -0.05) is 54.1 Å². The number of benzene rings is 2. The van der Waals surface area contributed by atoms with Gasteiger partial charge in [-0.2, -0.15) is 0 Å². The zero-order chi connectivity index (χ0) is 13.7. The summed E-state index contributed by atoms with van der Waals surface area (Å²) in [4.78, 5) is 9.99. The van der Waals surface area contributed by atoms with E-state index >= 15 is 0 Å². The summed E-state index contributed by atoms with van der Waals surface area (Å²) in [5.74, 6) is 0. The Hall–Kier alpha value is -1.35. The molecule has 0 saturated carbocycles. The fraction of sp³-hybridized carbons (Fsp3) is 0.250. The summed E-state index contributed by atoms with van der Waals surface area (Å²) in [6.45, 7) is 4.84. The van der Waals surface area contributed by atoms with Crippen LogP contribution in [0.2, 0.25) is 5.02 Å². The minimum absolute atomic E-state index is 0.354. The van der Waals surface area contributed by atoms with E-state index in [0.717, 1.165) is 21.7 Å². The molecule has 0 aliphatic carbocycles. The SMILES string of the molecule is CCOOCc1cccc(-c2ccccc2C)c1Cl. The molecule has 0 spiro atoms. The third-order valence-corrected chi connectivity index (χ3v) is 3.38. The van der Waals surface area contributed by atoms with Gasteiger partial charge in [0.1, 0.15) is 6.61 Å². The lowest BCUT2D eigenvalue weighted by atomic mass is 9.99. The molecule has 100 valence electrons. The predicted molar refractivity (Wildman–Crippen MR) is 78.0 cm³/mol. The number of hydrogen-bond donors (Lipinski definition) is 0. The molecule has 0 aliphatic rings. The Labute approximate surface area is 118 Å². The molecule has 19 heavy (non-hydrogen) atoms. The van der Waals surface area contributed by atoms with Crippen LogP contribution in [0.15, 0.2) is 42.5 Å². The average molecular weight is 277 g/mol. The van der Waals surface area contributed by atoms with Gasteiger partial charge in [0.25, 0.3) is 0 Å². The van der Waals surface area contributed by atoms with Gasteiger partial charge in [0.2, 0.25) is 0 Å². The maximum atomic E-state index is 6.46. The second-order valence-electron chi connectivity index (χ2n) is 4.26. The molecule has 0 aliphatic heterocycles. The standard InChI is InChI=1S/C16H17ClO2/c1-3-18-19-11-13-8-6-10-15(16(13)17)14-9-5-4-7-12(14)2/h4-10H,3,11H2,1-2H3. The molecule has 2 rings (SSSR count). The maximum Gasteiger partial charge on any atom is 0.109 e. The molecule has 0 fully saturated rings. The van der Waals surface area contributed by atoms with Crippen molar-refractivity contribution >= 4 is 11.6 Å². The molecule has 0 bridgehead atoms. The van der Waals surface area contributed by atoms with Crippen LogP contribution in [0, 0.1) is 6.92 Å². The molecule has 2 aromatic carbocycles. The molecule has 0 saturated heterocycles. The van der Waals surface area contributed by atoms with Gasteiger partial charge in [-0.3, -0.25) is 0 Å². The van der Waals surface area contributed by atoms with Crippen LogP contribution in [0.3, 0.4) is 0 Å². The Bertz CT molecular complexity index is 552. The van der Waals surface area contributed by atoms with Gasteiger partial charge < -0.3 is 0 Å². The van der Waals surface area contributed by atoms with E-state index in [1.165, 1.54) is 5.56 Å². The van der Waals surface area contributed by atoms with Crippen molar-refractivity contribution in [2.45, 2.75) is 20.5 Å². The van der Waals surface area contributed by atoms with E-state index < -0.39 is 0 Å². The van der Waals surface area contributed by atoms with E-state index in [1.54, 1.807) is 0 Å². The summed E-state index contributed by atoms with van der Waals surface area (Å²) >= 11 is 6.46. The summed E-state index contributed by atoms with van der Waals surface area (Å²) in [6, 6.07) is 14.1. The molecular weight excluding hydrogens is 260 g/mol. The lowest BCUT2D eigenvalue weighted by molar-refractivity contribution is -0.300. The van der Waals surface area contributed by atoms with Gasteiger partial charge in [0.05, 0.1) is 11.6 Å². The Morgan fingerprint density at radius 3 is 2.42 bits per heavy atom. The van der Waals surface area contributed by atoms with Crippen molar-refractivity contribution in [3.05, 3.63) is 58.6 Å². The van der Waals surface area contributed by atoms with Gasteiger partial charge in [0.15, 0.2) is 0 Å². The molecule has 2 aromatic rings. The third-order valence-electron chi connectivity index (χ3n) is 2.93. The Morgan fingerprint density at radius 2 is 1.68 bits per heavy atom. The van der Waals surface area contributed by atoms with Crippen molar-refractivity contribution in [3.8, 4) is 11.1 Å². The van der Waals surface area contributed by atoms with Gasteiger partial charge in [0, 0.05) is 11.1 Å². The quantitative estimate of drug-likeness (QED) is 0.444. The molecule has 0 aromatic heterocycles. The molecule has 0 unspecified atom stereocenters. The predicted octanol–water partition coefficient (Wildman–Crippen LogP) is 4.78. The highest BCUT2D eigenvalue weighted by Gasteiger charge is 2.10. The zero-order valence-corrected chi connectivity index (χ0v) is 11.9. The lowest BCUT2D eigenvalue weighted by Gasteiger charge is -2.11. The van der Waals surface area contributed by atoms with Crippen molar-refractivity contribution in [1.29, 1.82) is 0 Å². The van der Waals surface area contributed by atoms with Crippen molar-refractivity contribution in [2.24, 2.45) is 0 Å². The van der Waals surface area contributed by atoms with E-state index in [1.807, 2.05) is 37.3 Å². The molecular formula is C16H17ClO2. The Kier molecular flexibility index (Phi) is 4.97. The van der Waals surface area contributed by atoms with Crippen LogP contribution in [0.5, 0.6) is 0 Å². The van der Waals surface area contributed by atoms with Gasteiger partial charge in [-0.25, -0.2) is 9.78 Å². The van der Waals surface area contributed by atoms with Crippen LogP contribution in [-0.2, 0) is 16.4 Å². The molecule has 0 radical (unpaired) electrons. The van der Waals surface area contributed by atoms with Gasteiger partial charge >= 0.3 is 0 Å². The van der Waals surface area contributed by atoms with Crippen molar-refractivity contribution in [2.75, 3.05) is 6.61 Å². The zero-order valence-electron chi connectivity index (χ0n) is 11.2. The van der Waals surface area contributed by atoms with Crippen LogP contribution in [0.4, 0.5) is 0 Å². The minimum atomic E-state index is 0.354. The van der Waals surface area contributed by atoms with Gasteiger partial charge in [-0.05, 0) is 25.0 Å². The van der Waals surface area contributed by atoms with Crippen LogP contribution < -0.4 is 0 Å². The highest BCUT2D eigenvalue weighted by atomic mass is 35.5. The number of halogens is 1. The number of aryl methyl sites for hydroxylation is 1. The van der Waals surface area contributed by atoms with E-state index in [-0.39, 0.29) is 0 Å². The first kappa shape index (κ1) is 14.1. The van der Waals surface area contributed by atoms with Crippen LogP contribution in [-0.4, -0.2) is 6.61 Å². The van der Waals surface area contributed by atoms with Crippen molar-refractivity contribution in [1.82, 2.24) is 0 Å². The van der Waals surface area contributed by atoms with E-state index in [4.69, 9.17) is 21.4 Å². The largest absolute Gasteiger partial charge is 0.237 e. The van der Waals surface area contributed by atoms with Gasteiger partial charge in [-0.15, -0.1) is 0 Å². The van der Waals surface area contributed by atoms with Crippen LogP contribution in [0.25, 0.3) is 11.1 Å². The average Bonchev–Trinajstić information content (AvgIpc) is 2.42. The van der Waals surface area contributed by atoms with Crippen LogP contribution >= 0.6 is 11.6 Å². The highest BCUT2D eigenvalue weighted by molar-refractivity contribution is 6.34. The fourth-order valence-corrected chi connectivity index (χ4v) is 2.25. The lowest BCUT2D eigenvalue weighted by Crippen LogP contribution is -1.96. The fourth-order valence-electron chi connectivity index (χ4n) is 1.96. The molecule has 0 amide bonds. The Balaban J connectivity index is 2.32. The first-order valence-electron chi connectivity index (χ1n) is 6.32. The van der Waals surface area contributed by atoms with E-state index in [0.29, 0.717) is 13.2 Å². The summed E-state index contributed by atoms with van der Waals surface area (Å²) in [6.07, 6.45) is 0. The smallest absolute Gasteiger partial charge is 0.109 e. The summed E-state index contributed by atoms with van der Waals surface area (Å²) in [5, 5.41) is 0.719. The molecule has 0 heterocycles. The highest BCUT2D eigenvalue weighted by Crippen LogP contribution is 2.32. The summed E-state index contributed by atoms with van der Waals surface area (Å²) < 4.78 is 0. The molecule has 2 nitrogen and oxygen atoms in total. The molecule has 3 heteroatoms. The monoisotopic (exact) mass is 276 g/mol. The minimum Gasteiger partial charge on any atom is -0.237 e. The van der Waals surface area contributed by atoms with Crippen molar-refractivity contribution < 1.29 is 9.78 Å². The number of rotatable bonds is 5. The first-order valence-corrected chi connectivity index (χ1v) is 6.69. The first-order chi connectivity index (χ1) is 9.24. The second-order valence-corrected chi connectivity index (χ2v) is 4.64. The normalized spacial score (nSPS) is 10.7. The maximum absolute atomic E-state index is 6.46. The topological polar surface area (TPSA) is 18.5 Å². The summed E-state index contributed by atoms with van der Waals surface area (Å²) in [5.41, 5.74) is 4.30. The van der Waals surface area contributed by atoms with Crippen molar-refractivity contribution in [3.63, 3.8) is 0 Å².